The molecule has 1 aromatic heterocycles. The predicted molar refractivity (Wildman–Crippen MR) is 93.6 cm³/mol. The van der Waals surface area contributed by atoms with E-state index in [1.165, 1.54) is 19.3 Å². The normalized spacial score (nSPS) is 25.7. The van der Waals surface area contributed by atoms with Crippen LogP contribution in [-0.4, -0.2) is 42.4 Å². The summed E-state index contributed by atoms with van der Waals surface area (Å²) in [6.07, 6.45) is 9.63. The molecule has 2 fully saturated rings. The molecule has 0 radical (unpaired) electrons. The van der Waals surface area contributed by atoms with Crippen LogP contribution in [0.1, 0.15) is 39.5 Å². The van der Waals surface area contributed by atoms with Gasteiger partial charge in [0.25, 0.3) is 0 Å². The van der Waals surface area contributed by atoms with Gasteiger partial charge in [-0.05, 0) is 45.2 Å². The molecule has 0 aromatic carbocycles. The standard InChI is InChI=1S/C18H30N4O/c1-3-19-17(20-10-13-22-11-5-6-12-22)21-15-14-16(23-4-2)18(15)8-7-9-18/h5-6,11-12,15-16H,3-4,7-10,13-14H2,1-2H3,(H2,19,20,21). The molecule has 3 rings (SSSR count). The summed E-state index contributed by atoms with van der Waals surface area (Å²) in [6, 6.07) is 4.61. The Kier molecular flexibility index (Phi) is 5.26. The minimum atomic E-state index is 0.368. The van der Waals surface area contributed by atoms with Gasteiger partial charge in [-0.3, -0.25) is 4.99 Å². The van der Waals surface area contributed by atoms with Crippen molar-refractivity contribution in [3.8, 4) is 0 Å². The molecule has 2 atom stereocenters. The molecule has 5 nitrogen and oxygen atoms in total. The van der Waals surface area contributed by atoms with Crippen molar-refractivity contribution in [1.29, 1.82) is 0 Å². The van der Waals surface area contributed by atoms with E-state index in [-0.39, 0.29) is 0 Å². The summed E-state index contributed by atoms with van der Waals surface area (Å²) in [5.41, 5.74) is 0.368. The Morgan fingerprint density at radius 1 is 1.30 bits per heavy atom. The number of aromatic nitrogens is 1. The van der Waals surface area contributed by atoms with Crippen molar-refractivity contribution in [1.82, 2.24) is 15.2 Å². The fourth-order valence-corrected chi connectivity index (χ4v) is 3.92. The molecule has 2 unspecified atom stereocenters. The molecule has 2 aliphatic carbocycles. The molecule has 0 saturated heterocycles. The summed E-state index contributed by atoms with van der Waals surface area (Å²) in [6.45, 7) is 7.64. The highest BCUT2D eigenvalue weighted by molar-refractivity contribution is 5.80. The molecule has 0 aliphatic heterocycles. The second-order valence-corrected chi connectivity index (χ2v) is 6.64. The van der Waals surface area contributed by atoms with Gasteiger partial charge in [-0.2, -0.15) is 0 Å². The third-order valence-corrected chi connectivity index (χ3v) is 5.39. The highest BCUT2D eigenvalue weighted by Crippen LogP contribution is 2.57. The summed E-state index contributed by atoms with van der Waals surface area (Å²) in [5.74, 6) is 0.950. The van der Waals surface area contributed by atoms with Gasteiger partial charge in [-0.25, -0.2) is 0 Å². The second-order valence-electron chi connectivity index (χ2n) is 6.64. The molecule has 2 aliphatic rings. The maximum Gasteiger partial charge on any atom is 0.191 e. The first-order chi connectivity index (χ1) is 11.3. The van der Waals surface area contributed by atoms with Crippen LogP contribution in [0.2, 0.25) is 0 Å². The van der Waals surface area contributed by atoms with E-state index in [9.17, 15) is 0 Å². The van der Waals surface area contributed by atoms with Crippen LogP contribution in [0.4, 0.5) is 0 Å². The van der Waals surface area contributed by atoms with E-state index < -0.39 is 0 Å². The number of hydrogen-bond acceptors (Lipinski definition) is 2. The summed E-state index contributed by atoms with van der Waals surface area (Å²) in [5, 5.41) is 7.05. The van der Waals surface area contributed by atoms with Crippen LogP contribution in [-0.2, 0) is 11.3 Å². The van der Waals surface area contributed by atoms with Crippen LogP contribution >= 0.6 is 0 Å². The average Bonchev–Trinajstić information content (AvgIpc) is 2.97. The number of aliphatic imine (C=N–C) groups is 1. The Hall–Kier alpha value is -1.49. The van der Waals surface area contributed by atoms with E-state index >= 15 is 0 Å². The van der Waals surface area contributed by atoms with Gasteiger partial charge in [0.15, 0.2) is 5.96 Å². The van der Waals surface area contributed by atoms with Gasteiger partial charge in [0.2, 0.25) is 0 Å². The van der Waals surface area contributed by atoms with Gasteiger partial charge in [-0.1, -0.05) is 6.42 Å². The van der Waals surface area contributed by atoms with E-state index in [0.717, 1.165) is 38.6 Å². The molecule has 0 bridgehead atoms. The summed E-state index contributed by atoms with van der Waals surface area (Å²) in [4.78, 5) is 4.74. The molecule has 23 heavy (non-hydrogen) atoms. The molecule has 1 spiro atoms. The highest BCUT2D eigenvalue weighted by Gasteiger charge is 2.59. The van der Waals surface area contributed by atoms with Crippen LogP contribution in [0.5, 0.6) is 0 Å². The maximum absolute atomic E-state index is 5.93. The van der Waals surface area contributed by atoms with Gasteiger partial charge in [0, 0.05) is 43.5 Å². The Morgan fingerprint density at radius 2 is 2.09 bits per heavy atom. The van der Waals surface area contributed by atoms with Crippen molar-refractivity contribution in [2.75, 3.05) is 19.7 Å². The molecule has 2 saturated carbocycles. The SMILES string of the molecule is CCNC(=NCCn1cccc1)NC1CC(OCC)C12CCC2. The third-order valence-electron chi connectivity index (χ3n) is 5.39. The van der Waals surface area contributed by atoms with Crippen molar-refractivity contribution in [3.05, 3.63) is 24.5 Å². The number of ether oxygens (including phenoxy) is 1. The Labute approximate surface area is 139 Å². The highest BCUT2D eigenvalue weighted by atomic mass is 16.5. The van der Waals surface area contributed by atoms with Gasteiger partial charge in [0.05, 0.1) is 12.6 Å². The fourth-order valence-electron chi connectivity index (χ4n) is 3.92. The zero-order valence-corrected chi connectivity index (χ0v) is 14.4. The molecule has 128 valence electrons. The van der Waals surface area contributed by atoms with Crippen LogP contribution in [0.25, 0.3) is 0 Å². The van der Waals surface area contributed by atoms with Crippen LogP contribution < -0.4 is 10.6 Å². The number of hydrogen-bond donors (Lipinski definition) is 2. The monoisotopic (exact) mass is 318 g/mol. The molecule has 1 heterocycles. The summed E-state index contributed by atoms with van der Waals surface area (Å²) in [7, 11) is 0. The Balaban J connectivity index is 1.54. The molecular weight excluding hydrogens is 288 g/mol. The zero-order valence-electron chi connectivity index (χ0n) is 14.4. The van der Waals surface area contributed by atoms with Crippen LogP contribution in [0, 0.1) is 5.41 Å². The summed E-state index contributed by atoms with van der Waals surface area (Å²) < 4.78 is 8.10. The molecular formula is C18H30N4O. The van der Waals surface area contributed by atoms with Crippen molar-refractivity contribution in [3.63, 3.8) is 0 Å². The number of guanidine groups is 1. The van der Waals surface area contributed by atoms with Gasteiger partial charge < -0.3 is 19.9 Å². The summed E-state index contributed by atoms with van der Waals surface area (Å²) >= 11 is 0. The first-order valence-electron chi connectivity index (χ1n) is 9.05. The Morgan fingerprint density at radius 3 is 2.70 bits per heavy atom. The third kappa shape index (κ3) is 3.39. The molecule has 2 N–H and O–H groups in total. The van der Waals surface area contributed by atoms with E-state index in [0.29, 0.717) is 17.6 Å². The lowest BCUT2D eigenvalue weighted by atomic mass is 9.51. The maximum atomic E-state index is 5.93. The fraction of sp³-hybridized carbons (Fsp3) is 0.722. The van der Waals surface area contributed by atoms with Gasteiger partial charge in [0.1, 0.15) is 0 Å². The quantitative estimate of drug-likeness (QED) is 0.599. The molecule has 1 aromatic rings. The minimum Gasteiger partial charge on any atom is -0.378 e. The topological polar surface area (TPSA) is 50.6 Å². The molecule has 5 heteroatoms. The van der Waals surface area contributed by atoms with E-state index in [1.54, 1.807) is 0 Å². The van der Waals surface area contributed by atoms with Crippen molar-refractivity contribution < 1.29 is 4.74 Å². The Bertz CT molecular complexity index is 507. The average molecular weight is 318 g/mol. The first kappa shape index (κ1) is 16.4. The lowest BCUT2D eigenvalue weighted by molar-refractivity contribution is -0.168. The lowest BCUT2D eigenvalue weighted by Crippen LogP contribution is -2.68. The van der Waals surface area contributed by atoms with Gasteiger partial charge in [-0.15, -0.1) is 0 Å². The zero-order chi connectivity index (χ0) is 16.1. The van der Waals surface area contributed by atoms with Crippen molar-refractivity contribution in [2.45, 2.75) is 58.2 Å². The van der Waals surface area contributed by atoms with Crippen LogP contribution in [0.15, 0.2) is 29.5 Å². The number of nitrogens with zero attached hydrogens (tertiary/aromatic N) is 2. The van der Waals surface area contributed by atoms with Gasteiger partial charge >= 0.3 is 0 Å². The predicted octanol–water partition coefficient (Wildman–Crippen LogP) is 2.39. The number of rotatable bonds is 7. The second kappa shape index (κ2) is 7.39. The van der Waals surface area contributed by atoms with Crippen molar-refractivity contribution in [2.24, 2.45) is 10.4 Å². The first-order valence-corrected chi connectivity index (χ1v) is 9.05. The molecule has 0 amide bonds. The van der Waals surface area contributed by atoms with Crippen LogP contribution in [0.3, 0.4) is 0 Å². The van der Waals surface area contributed by atoms with Crippen molar-refractivity contribution >= 4 is 5.96 Å². The minimum absolute atomic E-state index is 0.368. The smallest absolute Gasteiger partial charge is 0.191 e. The largest absolute Gasteiger partial charge is 0.378 e. The lowest BCUT2D eigenvalue weighted by Gasteiger charge is -2.61. The van der Waals surface area contributed by atoms with E-state index in [1.807, 2.05) is 0 Å². The van der Waals surface area contributed by atoms with E-state index in [2.05, 4.69) is 53.6 Å². The number of nitrogens with one attached hydrogen (secondary N) is 2. The van der Waals surface area contributed by atoms with E-state index in [4.69, 9.17) is 9.73 Å².